The van der Waals surface area contributed by atoms with Gasteiger partial charge in [0.2, 0.25) is 10.0 Å². The van der Waals surface area contributed by atoms with Gasteiger partial charge in [0.1, 0.15) is 10.5 Å². The molecule has 7 heteroatoms. The summed E-state index contributed by atoms with van der Waals surface area (Å²) in [5.74, 6) is 0. The Kier molecular flexibility index (Phi) is 3.21. The summed E-state index contributed by atoms with van der Waals surface area (Å²) in [6, 6.07) is 6.80. The van der Waals surface area contributed by atoms with Crippen LogP contribution in [0, 0.1) is 0 Å². The molecular formula is C13H12N4O2S. The maximum atomic E-state index is 12.1. The van der Waals surface area contributed by atoms with Crippen LogP contribution in [-0.2, 0) is 16.6 Å². The van der Waals surface area contributed by atoms with Crippen molar-refractivity contribution in [2.24, 2.45) is 0 Å². The second-order valence-electron chi connectivity index (χ2n) is 4.23. The first-order chi connectivity index (χ1) is 9.67. The first kappa shape index (κ1) is 12.8. The lowest BCUT2D eigenvalue weighted by atomic mass is 10.2. The van der Waals surface area contributed by atoms with Crippen LogP contribution in [-0.4, -0.2) is 23.4 Å². The summed E-state index contributed by atoms with van der Waals surface area (Å²) in [4.78, 5) is 11.1. The first-order valence-corrected chi connectivity index (χ1v) is 7.46. The average Bonchev–Trinajstić information content (AvgIpc) is 2.89. The molecule has 3 heterocycles. The lowest BCUT2D eigenvalue weighted by Crippen LogP contribution is -2.23. The van der Waals surface area contributed by atoms with Gasteiger partial charge in [-0.1, -0.05) is 0 Å². The zero-order valence-corrected chi connectivity index (χ0v) is 11.3. The molecular weight excluding hydrogens is 276 g/mol. The minimum absolute atomic E-state index is 0.151. The zero-order chi connectivity index (χ0) is 14.0. The van der Waals surface area contributed by atoms with E-state index in [0.29, 0.717) is 0 Å². The van der Waals surface area contributed by atoms with Gasteiger partial charge in [0.15, 0.2) is 0 Å². The average molecular weight is 288 g/mol. The number of rotatable bonds is 4. The van der Waals surface area contributed by atoms with E-state index in [9.17, 15) is 8.42 Å². The molecule has 0 aliphatic carbocycles. The van der Waals surface area contributed by atoms with Crippen LogP contribution in [0.15, 0.2) is 53.9 Å². The summed E-state index contributed by atoms with van der Waals surface area (Å²) in [6.07, 6.45) is 6.29. The minimum Gasteiger partial charge on any atom is -0.346 e. The molecule has 20 heavy (non-hydrogen) atoms. The van der Waals surface area contributed by atoms with Crippen LogP contribution in [0.1, 0.15) is 5.56 Å². The smallest absolute Gasteiger partial charge is 0.242 e. The molecule has 0 saturated carbocycles. The van der Waals surface area contributed by atoms with Gasteiger partial charge >= 0.3 is 0 Å². The number of fused-ring (bicyclic) bond motifs is 1. The number of H-pyrrole nitrogens is 1. The van der Waals surface area contributed by atoms with Gasteiger partial charge in [-0.2, -0.15) is 0 Å². The third-order valence-corrected chi connectivity index (χ3v) is 4.32. The third-order valence-electron chi connectivity index (χ3n) is 2.93. The molecule has 0 radical (unpaired) electrons. The van der Waals surface area contributed by atoms with E-state index in [4.69, 9.17) is 0 Å². The Hall–Kier alpha value is -2.25. The normalized spacial score (nSPS) is 11.8. The predicted molar refractivity (Wildman–Crippen MR) is 74.4 cm³/mol. The summed E-state index contributed by atoms with van der Waals surface area (Å²) < 4.78 is 26.7. The highest BCUT2D eigenvalue weighted by molar-refractivity contribution is 7.89. The second-order valence-corrected chi connectivity index (χ2v) is 5.99. The Morgan fingerprint density at radius 3 is 2.85 bits per heavy atom. The van der Waals surface area contributed by atoms with E-state index in [0.717, 1.165) is 16.6 Å². The molecule has 3 aromatic rings. The van der Waals surface area contributed by atoms with E-state index in [1.807, 2.05) is 12.1 Å². The van der Waals surface area contributed by atoms with Gasteiger partial charge in [-0.05, 0) is 29.8 Å². The van der Waals surface area contributed by atoms with E-state index in [-0.39, 0.29) is 11.4 Å². The van der Waals surface area contributed by atoms with Crippen molar-refractivity contribution in [3.05, 3.63) is 54.6 Å². The molecule has 102 valence electrons. The number of nitrogens with zero attached hydrogens (tertiary/aromatic N) is 2. The maximum absolute atomic E-state index is 12.1. The molecule has 0 fully saturated rings. The fourth-order valence-electron chi connectivity index (χ4n) is 1.92. The van der Waals surface area contributed by atoms with Gasteiger partial charge < -0.3 is 4.98 Å². The van der Waals surface area contributed by atoms with Crippen molar-refractivity contribution in [3.63, 3.8) is 0 Å². The molecule has 0 amide bonds. The van der Waals surface area contributed by atoms with Gasteiger partial charge in [0.05, 0.1) is 0 Å². The van der Waals surface area contributed by atoms with Crippen LogP contribution in [0.4, 0.5) is 0 Å². The largest absolute Gasteiger partial charge is 0.346 e. The highest BCUT2D eigenvalue weighted by atomic mass is 32.2. The molecule has 0 aliphatic rings. The van der Waals surface area contributed by atoms with Crippen LogP contribution >= 0.6 is 0 Å². The molecule has 0 unspecified atom stereocenters. The number of aromatic nitrogens is 3. The van der Waals surface area contributed by atoms with E-state index >= 15 is 0 Å². The molecule has 3 aromatic heterocycles. The predicted octanol–water partition coefficient (Wildman–Crippen LogP) is 1.44. The van der Waals surface area contributed by atoms with Gasteiger partial charge in [-0.3, -0.25) is 4.98 Å². The standard InChI is InChI=1S/C13H12N4O2S/c18-20(19,11-3-1-5-14-9-11)17-8-10-7-16-13-12(10)4-2-6-15-13/h1-7,9,17H,8H2,(H,15,16). The van der Waals surface area contributed by atoms with E-state index in [1.165, 1.54) is 18.5 Å². The first-order valence-electron chi connectivity index (χ1n) is 5.97. The highest BCUT2D eigenvalue weighted by Crippen LogP contribution is 2.16. The summed E-state index contributed by atoms with van der Waals surface area (Å²) >= 11 is 0. The van der Waals surface area contributed by atoms with Crippen LogP contribution < -0.4 is 4.72 Å². The van der Waals surface area contributed by atoms with Gasteiger partial charge in [0, 0.05) is 36.7 Å². The number of sulfonamides is 1. The van der Waals surface area contributed by atoms with Crippen LogP contribution in [0.5, 0.6) is 0 Å². The topological polar surface area (TPSA) is 87.7 Å². The number of aromatic amines is 1. The highest BCUT2D eigenvalue weighted by Gasteiger charge is 2.14. The molecule has 0 aromatic carbocycles. The fraction of sp³-hybridized carbons (Fsp3) is 0.0769. The Morgan fingerprint density at radius 2 is 2.05 bits per heavy atom. The van der Waals surface area contributed by atoms with E-state index in [1.54, 1.807) is 18.5 Å². The second kappa shape index (κ2) is 5.03. The van der Waals surface area contributed by atoms with Crippen molar-refractivity contribution in [2.45, 2.75) is 11.4 Å². The van der Waals surface area contributed by atoms with Gasteiger partial charge in [0.25, 0.3) is 0 Å². The third kappa shape index (κ3) is 2.40. The Labute approximate surface area is 115 Å². The quantitative estimate of drug-likeness (QED) is 0.760. The Bertz CT molecular complexity index is 828. The molecule has 0 spiro atoms. The van der Waals surface area contributed by atoms with Crippen molar-refractivity contribution in [1.82, 2.24) is 19.7 Å². The summed E-state index contributed by atoms with van der Waals surface area (Å²) in [5.41, 5.74) is 1.59. The molecule has 6 nitrogen and oxygen atoms in total. The summed E-state index contributed by atoms with van der Waals surface area (Å²) in [6.45, 7) is 0.197. The molecule has 0 atom stereocenters. The molecule has 0 saturated heterocycles. The Morgan fingerprint density at radius 1 is 1.20 bits per heavy atom. The molecule has 3 rings (SSSR count). The van der Waals surface area contributed by atoms with E-state index in [2.05, 4.69) is 19.7 Å². The minimum atomic E-state index is -3.55. The number of hydrogen-bond acceptors (Lipinski definition) is 4. The van der Waals surface area contributed by atoms with Crippen molar-refractivity contribution in [2.75, 3.05) is 0 Å². The molecule has 2 N–H and O–H groups in total. The van der Waals surface area contributed by atoms with Crippen LogP contribution in [0.25, 0.3) is 11.0 Å². The molecule has 0 bridgehead atoms. The lowest BCUT2D eigenvalue weighted by molar-refractivity contribution is 0.581. The fourth-order valence-corrected chi connectivity index (χ4v) is 2.89. The number of pyridine rings is 2. The van der Waals surface area contributed by atoms with Crippen molar-refractivity contribution in [3.8, 4) is 0 Å². The van der Waals surface area contributed by atoms with Crippen LogP contribution in [0.2, 0.25) is 0 Å². The summed E-state index contributed by atoms with van der Waals surface area (Å²) in [7, 11) is -3.55. The van der Waals surface area contributed by atoms with Crippen molar-refractivity contribution < 1.29 is 8.42 Å². The van der Waals surface area contributed by atoms with Crippen molar-refractivity contribution >= 4 is 21.1 Å². The lowest BCUT2D eigenvalue weighted by Gasteiger charge is -2.05. The number of nitrogens with one attached hydrogen (secondary N) is 2. The number of hydrogen-bond donors (Lipinski definition) is 2. The SMILES string of the molecule is O=S(=O)(NCc1c[nH]c2ncccc12)c1cccnc1. The molecule has 0 aliphatic heterocycles. The maximum Gasteiger partial charge on any atom is 0.242 e. The van der Waals surface area contributed by atoms with Crippen LogP contribution in [0.3, 0.4) is 0 Å². The monoisotopic (exact) mass is 288 g/mol. The Balaban J connectivity index is 1.83. The van der Waals surface area contributed by atoms with Gasteiger partial charge in [-0.15, -0.1) is 0 Å². The summed E-state index contributed by atoms with van der Waals surface area (Å²) in [5, 5.41) is 0.904. The zero-order valence-electron chi connectivity index (χ0n) is 10.4. The van der Waals surface area contributed by atoms with Crippen molar-refractivity contribution in [1.29, 1.82) is 0 Å². The van der Waals surface area contributed by atoms with Gasteiger partial charge in [-0.25, -0.2) is 18.1 Å². The van der Waals surface area contributed by atoms with E-state index < -0.39 is 10.0 Å².